The number of fused-ring (bicyclic) bond motifs is 20. The minimum atomic E-state index is 0.323. The Morgan fingerprint density at radius 3 is 0.958 bits per heavy atom. The zero-order valence-electron chi connectivity index (χ0n) is 37.8. The number of rotatable bonds is 8. The van der Waals surface area contributed by atoms with Crippen LogP contribution in [0.4, 0.5) is 22.7 Å². The van der Waals surface area contributed by atoms with E-state index in [1.165, 1.54) is 0 Å². The number of hydrogen-bond acceptors (Lipinski definition) is 14. The van der Waals surface area contributed by atoms with Crippen LogP contribution >= 0.6 is 0 Å². The summed E-state index contributed by atoms with van der Waals surface area (Å²) in [6.45, 7) is 0. The van der Waals surface area contributed by atoms with Crippen LogP contribution in [0, 0.1) is 0 Å². The molecule has 0 saturated heterocycles. The molecule has 5 heterocycles. The average molecular weight is 943 g/mol. The van der Waals surface area contributed by atoms with E-state index in [4.69, 9.17) is 71.8 Å². The molecule has 11 aromatic rings. The predicted octanol–water partition coefficient (Wildman–Crippen LogP) is 12.4. The van der Waals surface area contributed by atoms with Crippen LogP contribution in [0.25, 0.3) is 89.7 Å². The van der Waals surface area contributed by atoms with E-state index in [0.29, 0.717) is 158 Å². The summed E-state index contributed by atoms with van der Waals surface area (Å²) in [6, 6.07) is 51.5. The second kappa shape index (κ2) is 16.6. The number of hydrogen-bond donors (Lipinski definition) is 6. The van der Waals surface area contributed by atoms with Gasteiger partial charge in [-0.3, -0.25) is 0 Å². The molecule has 0 radical (unpaired) electrons. The SMILES string of the molecule is Nc1ccc(Oc2cccc3c2-c2nc-3nc3[nH]c(nc4nc(nc5[nH]c(n2)c2cccc(Oc6ccc(N)cc6)c52)-c2cccc(Oc5ccc(N)cc5)c2-4)c2cccc(Oc4ccc(N)cc4)c32)cc1. The summed E-state index contributed by atoms with van der Waals surface area (Å²) >= 11 is 0. The lowest BCUT2D eigenvalue weighted by atomic mass is 10.1. The van der Waals surface area contributed by atoms with Crippen molar-refractivity contribution in [1.82, 2.24) is 39.9 Å². The highest BCUT2D eigenvalue weighted by Crippen LogP contribution is 2.46. The molecule has 72 heavy (non-hydrogen) atoms. The highest BCUT2D eigenvalue weighted by molar-refractivity contribution is 6.10. The van der Waals surface area contributed by atoms with Crippen molar-refractivity contribution in [1.29, 1.82) is 0 Å². The fourth-order valence-electron chi connectivity index (χ4n) is 8.85. The number of benzene rings is 8. The first kappa shape index (κ1) is 41.7. The standard InChI is InChI=1S/C56H38N12O4/c57-29-13-21-33(22-14-29)69-41-9-1-5-37-45(41)53-61-49(37)65-54-46-38(6-2-10-42(46)70-34-23-15-30(58)16-24-34)51(62-54)67-56-48-40(8-4-12-44(48)72-36-27-19-32(60)20-28-36)52(64-56)68-55-47-39(50(63-55)66-53)7-3-11-43(47)71-35-25-17-31(59)18-26-35/h1-28H,57-60H2,(H2,61,62,63,64,65,66,67,68). The Morgan fingerprint density at radius 1 is 0.292 bits per heavy atom. The minimum absolute atomic E-state index is 0.323. The number of nitrogens with one attached hydrogen (secondary N) is 2. The van der Waals surface area contributed by atoms with Gasteiger partial charge in [0.1, 0.15) is 68.6 Å². The van der Waals surface area contributed by atoms with Crippen molar-refractivity contribution in [3.63, 3.8) is 0 Å². The molecule has 3 aromatic heterocycles. The van der Waals surface area contributed by atoms with Crippen LogP contribution in [0.2, 0.25) is 0 Å². The van der Waals surface area contributed by atoms with Crippen LogP contribution in [0.15, 0.2) is 170 Å². The number of nitrogens with zero attached hydrogens (tertiary/aromatic N) is 6. The quantitative estimate of drug-likeness (QED) is 0.0776. The van der Waals surface area contributed by atoms with Gasteiger partial charge in [0, 0.05) is 44.6 Å². The molecular formula is C56H38N12O4. The Bertz CT molecular complexity index is 3870. The molecule has 8 bridgehead atoms. The lowest BCUT2D eigenvalue weighted by molar-refractivity contribution is 0.484. The zero-order valence-corrected chi connectivity index (χ0v) is 37.8. The number of nitrogens with two attached hydrogens (primary N) is 4. The van der Waals surface area contributed by atoms with E-state index in [-0.39, 0.29) is 0 Å². The molecule has 8 aromatic carbocycles. The number of aromatic amines is 2. The largest absolute Gasteiger partial charge is 0.457 e. The smallest absolute Gasteiger partial charge is 0.168 e. The lowest BCUT2D eigenvalue weighted by Gasteiger charge is -2.10. The van der Waals surface area contributed by atoms with Crippen molar-refractivity contribution in [3.05, 3.63) is 170 Å². The van der Waals surface area contributed by atoms with E-state index in [1.807, 2.05) is 97.1 Å². The van der Waals surface area contributed by atoms with Crippen LogP contribution in [0.3, 0.4) is 0 Å². The second-order valence-electron chi connectivity index (χ2n) is 17.0. The molecule has 16 nitrogen and oxygen atoms in total. The zero-order chi connectivity index (χ0) is 48.5. The third kappa shape index (κ3) is 7.44. The van der Waals surface area contributed by atoms with Crippen molar-refractivity contribution in [2.45, 2.75) is 0 Å². The summed E-state index contributed by atoms with van der Waals surface area (Å²) in [5, 5.41) is 2.65. The number of H-pyrrole nitrogens is 2. The molecule has 0 fully saturated rings. The maximum Gasteiger partial charge on any atom is 0.168 e. The highest BCUT2D eigenvalue weighted by atomic mass is 16.5. The first-order valence-electron chi connectivity index (χ1n) is 22.7. The van der Waals surface area contributed by atoms with Crippen LogP contribution in [-0.4, -0.2) is 39.9 Å². The monoisotopic (exact) mass is 942 g/mol. The third-order valence-electron chi connectivity index (χ3n) is 12.2. The van der Waals surface area contributed by atoms with Crippen LogP contribution < -0.4 is 41.9 Å². The van der Waals surface area contributed by atoms with Gasteiger partial charge in [-0.1, -0.05) is 48.5 Å². The van der Waals surface area contributed by atoms with Crippen molar-refractivity contribution >= 4 is 66.9 Å². The summed E-state index contributed by atoms with van der Waals surface area (Å²) in [5.74, 6) is 5.62. The van der Waals surface area contributed by atoms with Gasteiger partial charge in [-0.15, -0.1) is 0 Å². The van der Waals surface area contributed by atoms with Gasteiger partial charge in [-0.25, -0.2) is 29.9 Å². The first-order chi connectivity index (χ1) is 35.2. The van der Waals surface area contributed by atoms with E-state index in [9.17, 15) is 0 Å². The minimum Gasteiger partial charge on any atom is -0.457 e. The fraction of sp³-hybridized carbons (Fsp3) is 0. The Hall–Kier alpha value is -10.5. The van der Waals surface area contributed by atoms with Gasteiger partial charge in [0.2, 0.25) is 0 Å². The Kier molecular flexibility index (Phi) is 9.63. The van der Waals surface area contributed by atoms with Gasteiger partial charge in [-0.2, -0.15) is 0 Å². The van der Waals surface area contributed by atoms with Crippen LogP contribution in [0.5, 0.6) is 46.0 Å². The lowest BCUT2D eigenvalue weighted by Crippen LogP contribution is -1.91. The summed E-state index contributed by atoms with van der Waals surface area (Å²) in [5.41, 5.74) is 30.9. The highest BCUT2D eigenvalue weighted by Gasteiger charge is 2.28. The number of aromatic nitrogens is 8. The normalized spacial score (nSPS) is 11.6. The topological polar surface area (TPSA) is 250 Å². The van der Waals surface area contributed by atoms with E-state index >= 15 is 0 Å². The number of nitrogen functional groups attached to an aromatic ring is 4. The molecule has 2 aliphatic rings. The van der Waals surface area contributed by atoms with Crippen LogP contribution in [-0.2, 0) is 0 Å². The van der Waals surface area contributed by atoms with Crippen molar-refractivity contribution in [2.24, 2.45) is 0 Å². The first-order valence-corrected chi connectivity index (χ1v) is 22.7. The van der Waals surface area contributed by atoms with E-state index in [2.05, 4.69) is 9.97 Å². The Labute approximate surface area is 408 Å². The number of anilines is 4. The second-order valence-corrected chi connectivity index (χ2v) is 17.0. The van der Waals surface area contributed by atoms with Gasteiger partial charge < -0.3 is 51.9 Å². The van der Waals surface area contributed by atoms with Gasteiger partial charge in [-0.05, 0) is 121 Å². The van der Waals surface area contributed by atoms with Gasteiger partial charge in [0.05, 0.1) is 21.9 Å². The molecule has 0 spiro atoms. The molecule has 0 saturated carbocycles. The molecule has 10 N–H and O–H groups in total. The van der Waals surface area contributed by atoms with Crippen molar-refractivity contribution in [2.75, 3.05) is 22.9 Å². The summed E-state index contributed by atoms with van der Waals surface area (Å²) in [4.78, 5) is 38.6. The maximum atomic E-state index is 6.59. The molecule has 13 rings (SSSR count). The van der Waals surface area contributed by atoms with Crippen molar-refractivity contribution in [3.8, 4) is 91.5 Å². The van der Waals surface area contributed by atoms with Crippen molar-refractivity contribution < 1.29 is 18.9 Å². The molecule has 0 amide bonds. The van der Waals surface area contributed by atoms with E-state index in [0.717, 1.165) is 0 Å². The molecule has 346 valence electrons. The molecular weight excluding hydrogens is 905 g/mol. The molecule has 0 atom stereocenters. The molecule has 0 aliphatic carbocycles. The summed E-state index contributed by atoms with van der Waals surface area (Å²) in [7, 11) is 0. The van der Waals surface area contributed by atoms with Gasteiger partial charge in [0.25, 0.3) is 0 Å². The molecule has 0 unspecified atom stereocenters. The fourth-order valence-corrected chi connectivity index (χ4v) is 8.85. The number of ether oxygens (including phenoxy) is 4. The summed E-state index contributed by atoms with van der Waals surface area (Å²) in [6.07, 6.45) is 0. The predicted molar refractivity (Wildman–Crippen MR) is 280 cm³/mol. The van der Waals surface area contributed by atoms with Gasteiger partial charge >= 0.3 is 0 Å². The average Bonchev–Trinajstić information content (AvgIpc) is 4.14. The Balaban J connectivity index is 1.14. The Morgan fingerprint density at radius 2 is 0.597 bits per heavy atom. The molecule has 16 heteroatoms. The van der Waals surface area contributed by atoms with Crippen LogP contribution in [0.1, 0.15) is 0 Å². The van der Waals surface area contributed by atoms with E-state index in [1.54, 1.807) is 72.8 Å². The summed E-state index contributed by atoms with van der Waals surface area (Å²) < 4.78 is 26.4. The maximum absolute atomic E-state index is 6.59. The molecule has 2 aliphatic heterocycles. The third-order valence-corrected chi connectivity index (χ3v) is 12.2. The van der Waals surface area contributed by atoms with Gasteiger partial charge in [0.15, 0.2) is 23.3 Å². The van der Waals surface area contributed by atoms with E-state index < -0.39 is 0 Å².